The van der Waals surface area contributed by atoms with Crippen molar-refractivity contribution in [3.05, 3.63) is 46.4 Å². The third kappa shape index (κ3) is 3.38. The van der Waals surface area contributed by atoms with Crippen LogP contribution in [0.1, 0.15) is 25.3 Å². The number of para-hydroxylation sites is 1. The first kappa shape index (κ1) is 16.8. The maximum atomic E-state index is 12.8. The molecule has 1 amide bonds. The quantitative estimate of drug-likeness (QED) is 0.596. The number of nitrogens with zero attached hydrogens (tertiary/aromatic N) is 1. The van der Waals surface area contributed by atoms with Crippen molar-refractivity contribution >= 4 is 40.3 Å². The van der Waals surface area contributed by atoms with Crippen molar-refractivity contribution in [3.63, 3.8) is 0 Å². The first-order valence-electron chi connectivity index (χ1n) is 8.46. The van der Waals surface area contributed by atoms with E-state index in [1.807, 2.05) is 37.3 Å². The first-order chi connectivity index (χ1) is 12.1. The topological polar surface area (TPSA) is 38.8 Å². The van der Waals surface area contributed by atoms with Crippen molar-refractivity contribution in [3.8, 4) is 5.75 Å². The van der Waals surface area contributed by atoms with Crippen molar-refractivity contribution in [1.82, 2.24) is 4.90 Å². The molecule has 0 spiro atoms. The summed E-state index contributed by atoms with van der Waals surface area (Å²) < 4.78 is 12.2. The summed E-state index contributed by atoms with van der Waals surface area (Å²) >= 11 is 6.77. The molecule has 4 rings (SSSR count). The fourth-order valence-corrected chi connectivity index (χ4v) is 4.50. The van der Waals surface area contributed by atoms with E-state index in [0.29, 0.717) is 15.8 Å². The number of benzene rings is 1. The molecule has 3 aliphatic heterocycles. The van der Waals surface area contributed by atoms with Crippen LogP contribution in [0.15, 0.2) is 40.8 Å². The molecule has 1 aromatic rings. The molecule has 0 aromatic heterocycles. The molecule has 1 aromatic carbocycles. The van der Waals surface area contributed by atoms with E-state index in [1.165, 1.54) is 11.8 Å². The SMILES string of the molecule is C[C@@H]1Oc2ccccc2C=C1/C=C1\SC(=S)N(C[C@@H]2CCCO2)C1=O. The molecule has 25 heavy (non-hydrogen) atoms. The summed E-state index contributed by atoms with van der Waals surface area (Å²) in [4.78, 5) is 15.1. The molecule has 0 bridgehead atoms. The molecule has 0 unspecified atom stereocenters. The van der Waals surface area contributed by atoms with Gasteiger partial charge in [0.25, 0.3) is 5.91 Å². The van der Waals surface area contributed by atoms with Gasteiger partial charge >= 0.3 is 0 Å². The Morgan fingerprint density at radius 2 is 2.24 bits per heavy atom. The predicted octanol–water partition coefficient (Wildman–Crippen LogP) is 3.77. The van der Waals surface area contributed by atoms with Gasteiger partial charge in [-0.15, -0.1) is 0 Å². The highest BCUT2D eigenvalue weighted by Gasteiger charge is 2.35. The number of ether oxygens (including phenoxy) is 2. The number of hydrogen-bond donors (Lipinski definition) is 0. The van der Waals surface area contributed by atoms with Gasteiger partial charge in [0, 0.05) is 12.2 Å². The number of rotatable bonds is 3. The molecule has 0 saturated carbocycles. The lowest BCUT2D eigenvalue weighted by atomic mass is 10.0. The fraction of sp³-hybridized carbons (Fsp3) is 0.368. The minimum atomic E-state index is -0.100. The van der Waals surface area contributed by atoms with Crippen LogP contribution in [-0.4, -0.2) is 40.5 Å². The monoisotopic (exact) mass is 373 g/mol. The Hall–Kier alpha value is -1.63. The third-order valence-corrected chi connectivity index (χ3v) is 5.97. The van der Waals surface area contributed by atoms with Crippen molar-refractivity contribution in [2.24, 2.45) is 0 Å². The maximum absolute atomic E-state index is 12.8. The van der Waals surface area contributed by atoms with Crippen LogP contribution in [0.5, 0.6) is 5.75 Å². The third-order valence-electron chi connectivity index (χ3n) is 4.60. The van der Waals surface area contributed by atoms with E-state index in [2.05, 4.69) is 6.08 Å². The van der Waals surface area contributed by atoms with E-state index in [1.54, 1.807) is 4.90 Å². The molecule has 0 N–H and O–H groups in total. The molecule has 0 aliphatic carbocycles. The zero-order valence-corrected chi connectivity index (χ0v) is 15.6. The van der Waals surface area contributed by atoms with E-state index < -0.39 is 0 Å². The van der Waals surface area contributed by atoms with Gasteiger partial charge in [0.2, 0.25) is 0 Å². The van der Waals surface area contributed by atoms with Gasteiger partial charge in [-0.3, -0.25) is 9.69 Å². The molecule has 2 fully saturated rings. The highest BCUT2D eigenvalue weighted by molar-refractivity contribution is 8.26. The van der Waals surface area contributed by atoms with Crippen molar-refractivity contribution in [1.29, 1.82) is 0 Å². The molecule has 2 saturated heterocycles. The Kier molecular flexibility index (Phi) is 4.67. The van der Waals surface area contributed by atoms with Gasteiger partial charge in [-0.25, -0.2) is 0 Å². The number of thioether (sulfide) groups is 1. The number of fused-ring (bicyclic) bond motifs is 1. The summed E-state index contributed by atoms with van der Waals surface area (Å²) in [7, 11) is 0. The van der Waals surface area contributed by atoms with Gasteiger partial charge in [-0.1, -0.05) is 42.2 Å². The molecule has 3 aliphatic rings. The van der Waals surface area contributed by atoms with Gasteiger partial charge in [0.05, 0.1) is 17.6 Å². The standard InChI is InChI=1S/C19H19NO3S2/c1-12-14(9-13-5-2-3-7-16(13)23-12)10-17-18(21)20(19(24)25-17)11-15-6-4-8-22-15/h2-3,5,7,9-10,12,15H,4,6,8,11H2,1H3/b17-10-/t12-,15-/m0/s1. The van der Waals surface area contributed by atoms with E-state index in [-0.39, 0.29) is 18.1 Å². The summed E-state index contributed by atoms with van der Waals surface area (Å²) in [6.45, 7) is 3.32. The molecule has 4 nitrogen and oxygen atoms in total. The van der Waals surface area contributed by atoms with Crippen LogP contribution in [0.4, 0.5) is 0 Å². The van der Waals surface area contributed by atoms with Crippen LogP contribution in [0.3, 0.4) is 0 Å². The normalized spacial score (nSPS) is 27.5. The Morgan fingerprint density at radius 3 is 3.04 bits per heavy atom. The van der Waals surface area contributed by atoms with E-state index in [4.69, 9.17) is 21.7 Å². The van der Waals surface area contributed by atoms with Crippen LogP contribution in [-0.2, 0) is 9.53 Å². The van der Waals surface area contributed by atoms with Gasteiger partial charge in [0.1, 0.15) is 16.2 Å². The van der Waals surface area contributed by atoms with Crippen LogP contribution in [0.25, 0.3) is 6.08 Å². The molecule has 0 radical (unpaired) electrons. The average Bonchev–Trinajstić information content (AvgIpc) is 3.20. The summed E-state index contributed by atoms with van der Waals surface area (Å²) in [6, 6.07) is 7.91. The highest BCUT2D eigenvalue weighted by atomic mass is 32.2. The number of thiocarbonyl (C=S) groups is 1. The zero-order chi connectivity index (χ0) is 17.4. The summed E-state index contributed by atoms with van der Waals surface area (Å²) in [6.07, 6.45) is 6.03. The van der Waals surface area contributed by atoms with E-state index in [9.17, 15) is 4.79 Å². The molecular formula is C19H19NO3S2. The molecule has 130 valence electrons. The molecule has 2 atom stereocenters. The van der Waals surface area contributed by atoms with Crippen molar-refractivity contribution < 1.29 is 14.3 Å². The lowest BCUT2D eigenvalue weighted by Crippen LogP contribution is -2.35. The number of carbonyl (C=O) groups is 1. The smallest absolute Gasteiger partial charge is 0.266 e. The van der Waals surface area contributed by atoms with Crippen LogP contribution in [0.2, 0.25) is 0 Å². The van der Waals surface area contributed by atoms with Crippen LogP contribution >= 0.6 is 24.0 Å². The first-order valence-corrected chi connectivity index (χ1v) is 9.68. The fourth-order valence-electron chi connectivity index (χ4n) is 3.22. The van der Waals surface area contributed by atoms with Crippen molar-refractivity contribution in [2.45, 2.75) is 32.0 Å². The highest BCUT2D eigenvalue weighted by Crippen LogP contribution is 2.36. The van der Waals surface area contributed by atoms with Gasteiger partial charge in [0.15, 0.2) is 0 Å². The Bertz CT molecular complexity index is 781. The minimum absolute atomic E-state index is 0.0301. The lowest BCUT2D eigenvalue weighted by Gasteiger charge is -2.23. The Balaban J connectivity index is 1.56. The second kappa shape index (κ2) is 6.94. The van der Waals surface area contributed by atoms with E-state index >= 15 is 0 Å². The van der Waals surface area contributed by atoms with Gasteiger partial charge < -0.3 is 9.47 Å². The van der Waals surface area contributed by atoms with Crippen LogP contribution in [0, 0.1) is 0 Å². The summed E-state index contributed by atoms with van der Waals surface area (Å²) in [5.74, 6) is 0.843. The molecule has 3 heterocycles. The number of amides is 1. The molecular weight excluding hydrogens is 354 g/mol. The second-order valence-electron chi connectivity index (χ2n) is 6.37. The number of hydrogen-bond acceptors (Lipinski definition) is 5. The minimum Gasteiger partial charge on any atom is -0.485 e. The maximum Gasteiger partial charge on any atom is 0.266 e. The lowest BCUT2D eigenvalue weighted by molar-refractivity contribution is -0.123. The molecule has 6 heteroatoms. The second-order valence-corrected chi connectivity index (χ2v) is 8.05. The van der Waals surface area contributed by atoms with E-state index in [0.717, 1.165) is 36.3 Å². The van der Waals surface area contributed by atoms with Gasteiger partial charge in [-0.2, -0.15) is 0 Å². The number of carbonyl (C=O) groups excluding carboxylic acids is 1. The van der Waals surface area contributed by atoms with Crippen molar-refractivity contribution in [2.75, 3.05) is 13.2 Å². The predicted molar refractivity (Wildman–Crippen MR) is 103 cm³/mol. The largest absolute Gasteiger partial charge is 0.485 e. The van der Waals surface area contributed by atoms with Crippen LogP contribution < -0.4 is 4.74 Å². The Morgan fingerprint density at radius 1 is 1.40 bits per heavy atom. The summed E-state index contributed by atoms with van der Waals surface area (Å²) in [5.41, 5.74) is 2.01. The van der Waals surface area contributed by atoms with Gasteiger partial charge in [-0.05, 0) is 43.6 Å². The average molecular weight is 373 g/mol. The Labute approximate surface area is 156 Å². The summed E-state index contributed by atoms with van der Waals surface area (Å²) in [5, 5.41) is 0. The zero-order valence-electron chi connectivity index (χ0n) is 13.9.